The zero-order valence-electron chi connectivity index (χ0n) is 28.5. The third-order valence-electron chi connectivity index (χ3n) is 6.81. The molecule has 254 valence electrons. The van der Waals surface area contributed by atoms with Crippen molar-refractivity contribution in [3.05, 3.63) is 51.7 Å². The molecular weight excluding hydrogens is 602 g/mol. The van der Waals surface area contributed by atoms with Crippen LogP contribution in [0.4, 0.5) is 4.79 Å². The number of ether oxygens (including phenoxy) is 3. The van der Waals surface area contributed by atoms with E-state index in [0.29, 0.717) is 22.9 Å². The molecule has 0 aliphatic heterocycles. The molecule has 10 heteroatoms. The maximum absolute atomic E-state index is 12.8. The smallest absolute Gasteiger partial charge is 0.408 e. The van der Waals surface area contributed by atoms with Gasteiger partial charge < -0.3 is 24.8 Å². The van der Waals surface area contributed by atoms with E-state index in [-0.39, 0.29) is 12.3 Å². The van der Waals surface area contributed by atoms with Gasteiger partial charge in [0.25, 0.3) is 5.91 Å². The number of rotatable bonds is 19. The van der Waals surface area contributed by atoms with E-state index in [9.17, 15) is 14.4 Å². The number of esters is 1. The molecule has 1 heterocycles. The van der Waals surface area contributed by atoms with E-state index in [1.807, 2.05) is 24.3 Å². The highest BCUT2D eigenvalue weighted by molar-refractivity contribution is 7.14. The summed E-state index contributed by atoms with van der Waals surface area (Å²) < 4.78 is 16.8. The fraction of sp³-hybridized carbons (Fsp3) is 0.611. The van der Waals surface area contributed by atoms with Crippen molar-refractivity contribution in [3.63, 3.8) is 0 Å². The van der Waals surface area contributed by atoms with Crippen molar-refractivity contribution in [1.82, 2.24) is 10.6 Å². The molecule has 1 aromatic carbocycles. The van der Waals surface area contributed by atoms with Crippen LogP contribution in [0.1, 0.15) is 126 Å². The van der Waals surface area contributed by atoms with Crippen LogP contribution in [0, 0.1) is 11.3 Å². The number of carbonyl (C=O) groups is 3. The monoisotopic (exact) mass is 655 g/mol. The second-order valence-electron chi connectivity index (χ2n) is 13.5. The Balaban J connectivity index is 1.55. The molecule has 2 amide bonds. The summed E-state index contributed by atoms with van der Waals surface area (Å²) in [5, 5.41) is 14.5. The molecule has 0 unspecified atom stereocenters. The number of carbonyl (C=O) groups excluding carboxylic acids is 3. The van der Waals surface area contributed by atoms with Crippen LogP contribution in [-0.2, 0) is 20.7 Å². The summed E-state index contributed by atoms with van der Waals surface area (Å²) in [5.41, 5.74) is -0.485. The summed E-state index contributed by atoms with van der Waals surface area (Å²) in [6, 6.07) is 12.1. The van der Waals surface area contributed by atoms with Crippen LogP contribution in [0.25, 0.3) is 0 Å². The van der Waals surface area contributed by atoms with Crippen LogP contribution < -0.4 is 15.4 Å². The average molecular weight is 656 g/mol. The van der Waals surface area contributed by atoms with Crippen LogP contribution in [0.5, 0.6) is 5.75 Å². The Morgan fingerprint density at radius 3 is 1.89 bits per heavy atom. The van der Waals surface area contributed by atoms with Crippen molar-refractivity contribution >= 4 is 29.3 Å². The Morgan fingerprint density at radius 1 is 0.783 bits per heavy atom. The topological polar surface area (TPSA) is 127 Å². The average Bonchev–Trinajstić information content (AvgIpc) is 3.45. The van der Waals surface area contributed by atoms with Gasteiger partial charge in [-0.1, -0.05) is 63.5 Å². The Bertz CT molecular complexity index is 1250. The number of nitrogens with one attached hydrogen (secondary N) is 2. The molecule has 9 nitrogen and oxygen atoms in total. The maximum Gasteiger partial charge on any atom is 0.408 e. The lowest BCUT2D eigenvalue weighted by Gasteiger charge is -2.26. The maximum atomic E-state index is 12.8. The minimum Gasteiger partial charge on any atom is -0.494 e. The number of unbranched alkanes of at least 4 members (excludes halogenated alkanes) is 9. The molecule has 1 atom stereocenters. The van der Waals surface area contributed by atoms with Crippen LogP contribution in [0.2, 0.25) is 0 Å². The molecule has 0 saturated carbocycles. The predicted octanol–water partition coefficient (Wildman–Crippen LogP) is 8.11. The second-order valence-corrected chi connectivity index (χ2v) is 14.6. The zero-order chi connectivity index (χ0) is 34.0. The fourth-order valence-electron chi connectivity index (χ4n) is 4.61. The Labute approximate surface area is 279 Å². The van der Waals surface area contributed by atoms with E-state index in [2.05, 4.69) is 16.7 Å². The van der Waals surface area contributed by atoms with E-state index >= 15 is 0 Å². The number of nitrogens with zero attached hydrogens (tertiary/aromatic N) is 1. The van der Waals surface area contributed by atoms with Crippen molar-refractivity contribution in [2.24, 2.45) is 0 Å². The van der Waals surface area contributed by atoms with Crippen LogP contribution in [0.15, 0.2) is 36.4 Å². The quantitative estimate of drug-likeness (QED) is 0.116. The van der Waals surface area contributed by atoms with Crippen molar-refractivity contribution in [1.29, 1.82) is 5.26 Å². The normalized spacial score (nSPS) is 12.1. The molecule has 2 N–H and O–H groups in total. The molecule has 0 aliphatic carbocycles. The number of thiophene rings is 1. The Morgan fingerprint density at radius 2 is 1.35 bits per heavy atom. The van der Waals surface area contributed by atoms with Gasteiger partial charge >= 0.3 is 12.1 Å². The molecule has 0 saturated heterocycles. The van der Waals surface area contributed by atoms with Crippen molar-refractivity contribution in [2.45, 2.75) is 129 Å². The van der Waals surface area contributed by atoms with Gasteiger partial charge in [-0.2, -0.15) is 5.26 Å². The van der Waals surface area contributed by atoms with Gasteiger partial charge in [-0.25, -0.2) is 9.59 Å². The highest BCUT2D eigenvalue weighted by Gasteiger charge is 2.29. The number of benzene rings is 1. The summed E-state index contributed by atoms with van der Waals surface area (Å²) in [6.45, 7) is 12.0. The molecule has 2 rings (SSSR count). The molecular formula is C36H53N3O6S. The van der Waals surface area contributed by atoms with Gasteiger partial charge in [-0.3, -0.25) is 4.79 Å². The van der Waals surface area contributed by atoms with Gasteiger partial charge in [-0.15, -0.1) is 11.3 Å². The van der Waals surface area contributed by atoms with E-state index in [4.69, 9.17) is 19.5 Å². The summed E-state index contributed by atoms with van der Waals surface area (Å²) in [5.74, 6) is 0.173. The lowest BCUT2D eigenvalue weighted by atomic mass is 10.1. The van der Waals surface area contributed by atoms with Crippen molar-refractivity contribution in [3.8, 4) is 11.8 Å². The number of hydrogen-bond acceptors (Lipinski definition) is 8. The van der Waals surface area contributed by atoms with Crippen LogP contribution in [-0.4, -0.2) is 48.4 Å². The second kappa shape index (κ2) is 19.8. The van der Waals surface area contributed by atoms with Crippen molar-refractivity contribution in [2.75, 3.05) is 13.2 Å². The Kier molecular flexibility index (Phi) is 16.6. The summed E-state index contributed by atoms with van der Waals surface area (Å²) in [7, 11) is 0. The highest BCUT2D eigenvalue weighted by Crippen LogP contribution is 2.18. The van der Waals surface area contributed by atoms with Gasteiger partial charge in [0.1, 0.15) is 33.9 Å². The molecule has 2 aromatic rings. The molecule has 46 heavy (non-hydrogen) atoms. The SMILES string of the molecule is CC(C)(C)OC(=O)N[C@@H](Cc1ccc(OCCCCCCCCCCCCNC(=O)c2ccc(C#N)s2)cc1)C(=O)OC(C)(C)C. The summed E-state index contributed by atoms with van der Waals surface area (Å²) in [6.07, 6.45) is 11.1. The van der Waals surface area contributed by atoms with Gasteiger partial charge in [0.2, 0.25) is 0 Å². The van der Waals surface area contributed by atoms with Crippen LogP contribution >= 0.6 is 11.3 Å². The number of hydrogen-bond donors (Lipinski definition) is 2. The van der Waals surface area contributed by atoms with E-state index in [0.717, 1.165) is 37.0 Å². The minimum absolute atomic E-state index is 0.0915. The number of nitriles is 1. The summed E-state index contributed by atoms with van der Waals surface area (Å²) in [4.78, 5) is 38.4. The third-order valence-corrected chi connectivity index (χ3v) is 7.80. The first kappa shape index (κ1) is 38.6. The molecule has 0 bridgehead atoms. The van der Waals surface area contributed by atoms with Gasteiger partial charge in [0, 0.05) is 13.0 Å². The van der Waals surface area contributed by atoms with E-state index < -0.39 is 29.3 Å². The molecule has 0 fully saturated rings. The fourth-order valence-corrected chi connectivity index (χ4v) is 5.33. The molecule has 0 spiro atoms. The minimum atomic E-state index is -0.877. The first-order valence-corrected chi connectivity index (χ1v) is 17.3. The highest BCUT2D eigenvalue weighted by atomic mass is 32.1. The van der Waals surface area contributed by atoms with E-state index in [1.54, 1.807) is 53.7 Å². The third kappa shape index (κ3) is 17.2. The van der Waals surface area contributed by atoms with Gasteiger partial charge in [0.05, 0.1) is 11.5 Å². The molecule has 1 aromatic heterocycles. The Hall–Kier alpha value is -3.58. The molecule has 0 aliphatic rings. The largest absolute Gasteiger partial charge is 0.494 e. The number of amides is 2. The van der Waals surface area contributed by atoms with Crippen LogP contribution in [0.3, 0.4) is 0 Å². The first-order valence-electron chi connectivity index (χ1n) is 16.5. The first-order chi connectivity index (χ1) is 21.8. The number of alkyl carbamates (subject to hydrolysis) is 1. The van der Waals surface area contributed by atoms with Gasteiger partial charge in [0.15, 0.2) is 0 Å². The predicted molar refractivity (Wildman–Crippen MR) is 182 cm³/mol. The van der Waals surface area contributed by atoms with E-state index in [1.165, 1.54) is 49.9 Å². The molecule has 0 radical (unpaired) electrons. The van der Waals surface area contributed by atoms with Crippen molar-refractivity contribution < 1.29 is 28.6 Å². The van der Waals surface area contributed by atoms with Gasteiger partial charge in [-0.05, 0) is 84.2 Å². The lowest BCUT2D eigenvalue weighted by Crippen LogP contribution is -2.47. The lowest BCUT2D eigenvalue weighted by molar-refractivity contribution is -0.157. The standard InChI is InChI=1S/C36H53N3O6S/c1-35(2,3)44-33(41)30(39-34(42)45-36(4,5)6)25-27-17-19-28(20-18-27)43-24-16-14-12-10-8-7-9-11-13-15-23-38-32(40)31-22-21-29(26-37)46-31/h17-22,30H,7-16,23-25H2,1-6H3,(H,38,40)(H,39,42)/t30-/m0/s1. The zero-order valence-corrected chi connectivity index (χ0v) is 29.4. The summed E-state index contributed by atoms with van der Waals surface area (Å²) >= 11 is 1.23.